The van der Waals surface area contributed by atoms with Crippen molar-refractivity contribution in [3.8, 4) is 0 Å². The average Bonchev–Trinajstić information content (AvgIpc) is 2.40. The molecule has 0 saturated heterocycles. The summed E-state index contributed by atoms with van der Waals surface area (Å²) in [6.07, 6.45) is 7.00. The van der Waals surface area contributed by atoms with E-state index in [1.54, 1.807) is 24.8 Å². The highest BCUT2D eigenvalue weighted by Crippen LogP contribution is 2.11. The van der Waals surface area contributed by atoms with Crippen LogP contribution >= 0.6 is 11.6 Å². The largest absolute Gasteiger partial charge is 0.354 e. The first-order chi connectivity index (χ1) is 8.29. The van der Waals surface area contributed by atoms with Gasteiger partial charge < -0.3 is 4.90 Å². The van der Waals surface area contributed by atoms with Crippen LogP contribution in [0.3, 0.4) is 0 Å². The van der Waals surface area contributed by atoms with E-state index in [1.807, 2.05) is 24.1 Å². The second-order valence-corrected chi connectivity index (χ2v) is 3.98. The van der Waals surface area contributed by atoms with Crippen LogP contribution in [0.25, 0.3) is 0 Å². The molecule has 0 unspecified atom stereocenters. The third kappa shape index (κ3) is 3.14. The lowest BCUT2D eigenvalue weighted by Gasteiger charge is -2.17. The van der Waals surface area contributed by atoms with Crippen LogP contribution in [0.1, 0.15) is 11.3 Å². The summed E-state index contributed by atoms with van der Waals surface area (Å²) in [6, 6.07) is 3.97. The molecule has 0 atom stereocenters. The number of hydrogen-bond donors (Lipinski definition) is 0. The topological polar surface area (TPSA) is 41.9 Å². The molecule has 0 bridgehead atoms. The van der Waals surface area contributed by atoms with E-state index < -0.39 is 0 Å². The van der Waals surface area contributed by atoms with Crippen LogP contribution in [-0.4, -0.2) is 22.0 Å². The zero-order valence-electron chi connectivity index (χ0n) is 9.55. The van der Waals surface area contributed by atoms with E-state index in [1.165, 1.54) is 5.56 Å². The van der Waals surface area contributed by atoms with Gasteiger partial charge in [0.25, 0.3) is 0 Å². The Labute approximate surface area is 105 Å². The van der Waals surface area contributed by atoms with Crippen LogP contribution in [0.15, 0.2) is 36.9 Å². The first-order valence-electron chi connectivity index (χ1n) is 5.26. The van der Waals surface area contributed by atoms with Gasteiger partial charge in [-0.3, -0.25) is 9.97 Å². The molecule has 0 amide bonds. The fraction of sp³-hybridized carbons (Fsp3) is 0.250. The molecule has 0 aromatic carbocycles. The summed E-state index contributed by atoms with van der Waals surface area (Å²) in [7, 11) is 1.98. The molecule has 2 rings (SSSR count). The van der Waals surface area contributed by atoms with Gasteiger partial charge in [-0.05, 0) is 17.7 Å². The minimum Gasteiger partial charge on any atom is -0.354 e. The molecule has 4 nitrogen and oxygen atoms in total. The minimum absolute atomic E-state index is 0.390. The maximum absolute atomic E-state index is 5.67. The van der Waals surface area contributed by atoms with Crippen LogP contribution < -0.4 is 4.90 Å². The van der Waals surface area contributed by atoms with Gasteiger partial charge in [0.1, 0.15) is 5.82 Å². The maximum atomic E-state index is 5.67. The highest BCUT2D eigenvalue weighted by Gasteiger charge is 2.04. The Bertz CT molecular complexity index is 458. The molecule has 5 heteroatoms. The molecule has 0 aliphatic carbocycles. The lowest BCUT2D eigenvalue weighted by Crippen LogP contribution is -2.18. The summed E-state index contributed by atoms with van der Waals surface area (Å²) >= 11 is 5.67. The van der Waals surface area contributed by atoms with Crippen molar-refractivity contribution < 1.29 is 0 Å². The van der Waals surface area contributed by atoms with E-state index in [9.17, 15) is 0 Å². The van der Waals surface area contributed by atoms with Crippen molar-refractivity contribution in [3.05, 3.63) is 48.2 Å². The van der Waals surface area contributed by atoms with Gasteiger partial charge in [-0.2, -0.15) is 0 Å². The highest BCUT2D eigenvalue weighted by atomic mass is 35.5. The van der Waals surface area contributed by atoms with Crippen LogP contribution in [0, 0.1) is 0 Å². The van der Waals surface area contributed by atoms with Gasteiger partial charge in [0.15, 0.2) is 0 Å². The molecule has 2 aromatic heterocycles. The number of pyridine rings is 1. The standard InChI is InChI=1S/C12H13ClN4/c1-17(9-10-2-4-14-5-3-10)12-8-15-11(6-13)7-16-12/h2-5,7-8H,6,9H2,1H3. The second kappa shape index (κ2) is 5.59. The molecule has 88 valence electrons. The second-order valence-electron chi connectivity index (χ2n) is 3.71. The van der Waals surface area contributed by atoms with Crippen molar-refractivity contribution in [1.29, 1.82) is 0 Å². The molecule has 2 aromatic rings. The van der Waals surface area contributed by atoms with E-state index >= 15 is 0 Å². The summed E-state index contributed by atoms with van der Waals surface area (Å²) in [6.45, 7) is 0.775. The van der Waals surface area contributed by atoms with Gasteiger partial charge >= 0.3 is 0 Å². The van der Waals surface area contributed by atoms with Crippen molar-refractivity contribution in [3.63, 3.8) is 0 Å². The molecule has 0 N–H and O–H groups in total. The van der Waals surface area contributed by atoms with Crippen LogP contribution in [0.4, 0.5) is 5.82 Å². The Kier molecular flexibility index (Phi) is 3.88. The van der Waals surface area contributed by atoms with Gasteiger partial charge in [-0.15, -0.1) is 11.6 Å². The fourth-order valence-corrected chi connectivity index (χ4v) is 1.60. The van der Waals surface area contributed by atoms with Crippen molar-refractivity contribution in [1.82, 2.24) is 15.0 Å². The predicted molar refractivity (Wildman–Crippen MR) is 67.9 cm³/mol. The van der Waals surface area contributed by atoms with E-state index in [0.717, 1.165) is 18.1 Å². The van der Waals surface area contributed by atoms with Crippen molar-refractivity contribution in [2.45, 2.75) is 12.4 Å². The molecule has 0 saturated carbocycles. The molecule has 2 heterocycles. The summed E-state index contributed by atoms with van der Waals surface area (Å²) in [5.41, 5.74) is 1.97. The smallest absolute Gasteiger partial charge is 0.147 e. The first kappa shape index (κ1) is 11.8. The molecular weight excluding hydrogens is 236 g/mol. The Morgan fingerprint density at radius 3 is 2.53 bits per heavy atom. The minimum atomic E-state index is 0.390. The molecule has 0 spiro atoms. The van der Waals surface area contributed by atoms with E-state index in [2.05, 4.69) is 15.0 Å². The predicted octanol–water partition coefficient (Wildman–Crippen LogP) is 2.25. The average molecular weight is 249 g/mol. The zero-order valence-corrected chi connectivity index (χ0v) is 10.3. The number of aromatic nitrogens is 3. The van der Waals surface area contributed by atoms with E-state index in [0.29, 0.717) is 5.88 Å². The Hall–Kier alpha value is -1.68. The lowest BCUT2D eigenvalue weighted by molar-refractivity contribution is 0.882. The SMILES string of the molecule is CN(Cc1ccncc1)c1cnc(CCl)cn1. The van der Waals surface area contributed by atoms with Gasteiger partial charge in [0, 0.05) is 26.0 Å². The Morgan fingerprint density at radius 1 is 1.18 bits per heavy atom. The summed E-state index contributed by atoms with van der Waals surface area (Å²) < 4.78 is 0. The lowest BCUT2D eigenvalue weighted by atomic mass is 10.2. The summed E-state index contributed by atoms with van der Waals surface area (Å²) in [5, 5.41) is 0. The molecule has 17 heavy (non-hydrogen) atoms. The number of halogens is 1. The van der Waals surface area contributed by atoms with Crippen LogP contribution in [-0.2, 0) is 12.4 Å². The van der Waals surface area contributed by atoms with Crippen molar-refractivity contribution >= 4 is 17.4 Å². The Balaban J connectivity index is 2.06. The molecule has 0 radical (unpaired) electrons. The van der Waals surface area contributed by atoms with Gasteiger partial charge in [0.2, 0.25) is 0 Å². The van der Waals surface area contributed by atoms with Crippen LogP contribution in [0.5, 0.6) is 0 Å². The molecular formula is C12H13ClN4. The summed E-state index contributed by atoms with van der Waals surface area (Å²) in [4.78, 5) is 14.5. The van der Waals surface area contributed by atoms with E-state index in [4.69, 9.17) is 11.6 Å². The first-order valence-corrected chi connectivity index (χ1v) is 5.80. The number of rotatable bonds is 4. The van der Waals surface area contributed by atoms with Crippen molar-refractivity contribution in [2.75, 3.05) is 11.9 Å². The Morgan fingerprint density at radius 2 is 1.94 bits per heavy atom. The van der Waals surface area contributed by atoms with Crippen molar-refractivity contribution in [2.24, 2.45) is 0 Å². The maximum Gasteiger partial charge on any atom is 0.147 e. The molecule has 0 fully saturated rings. The highest BCUT2D eigenvalue weighted by molar-refractivity contribution is 6.16. The van der Waals surface area contributed by atoms with E-state index in [-0.39, 0.29) is 0 Å². The zero-order chi connectivity index (χ0) is 12.1. The van der Waals surface area contributed by atoms with Gasteiger partial charge in [-0.1, -0.05) is 0 Å². The molecule has 0 aliphatic heterocycles. The number of alkyl halides is 1. The third-order valence-electron chi connectivity index (χ3n) is 2.39. The molecule has 0 aliphatic rings. The monoisotopic (exact) mass is 248 g/mol. The quantitative estimate of drug-likeness (QED) is 0.779. The fourth-order valence-electron chi connectivity index (χ4n) is 1.46. The normalized spacial score (nSPS) is 10.2. The van der Waals surface area contributed by atoms with Gasteiger partial charge in [0.05, 0.1) is 24.0 Å². The van der Waals surface area contributed by atoms with Gasteiger partial charge in [-0.25, -0.2) is 4.98 Å². The number of anilines is 1. The van der Waals surface area contributed by atoms with Crippen LogP contribution in [0.2, 0.25) is 0 Å². The number of hydrogen-bond acceptors (Lipinski definition) is 4. The third-order valence-corrected chi connectivity index (χ3v) is 2.66. The summed E-state index contributed by atoms with van der Waals surface area (Å²) in [5.74, 6) is 1.22. The number of nitrogens with zero attached hydrogens (tertiary/aromatic N) is 4.